The van der Waals surface area contributed by atoms with Crippen LogP contribution in [0.2, 0.25) is 0 Å². The summed E-state index contributed by atoms with van der Waals surface area (Å²) >= 11 is 0. The van der Waals surface area contributed by atoms with Crippen LogP contribution < -0.4 is 11.5 Å². The Morgan fingerprint density at radius 1 is 0.714 bits per heavy atom. The van der Waals surface area contributed by atoms with Crippen molar-refractivity contribution >= 4 is 0 Å². The highest BCUT2D eigenvalue weighted by Crippen LogP contribution is 2.29. The monoisotopic (exact) mass is 282 g/mol. The van der Waals surface area contributed by atoms with Gasteiger partial charge in [0.1, 0.15) is 12.2 Å². The maximum Gasteiger partial charge on any atom is 0.101 e. The van der Waals surface area contributed by atoms with Gasteiger partial charge in [-0.3, -0.25) is 0 Å². The van der Waals surface area contributed by atoms with Crippen LogP contribution >= 0.6 is 0 Å². The molecule has 0 aliphatic carbocycles. The van der Waals surface area contributed by atoms with E-state index < -0.39 is 0 Å². The van der Waals surface area contributed by atoms with Gasteiger partial charge in [0.15, 0.2) is 0 Å². The van der Waals surface area contributed by atoms with E-state index in [0.717, 1.165) is 12.8 Å². The van der Waals surface area contributed by atoms with Gasteiger partial charge in [-0.1, -0.05) is 60.7 Å². The minimum absolute atomic E-state index is 0.0132. The van der Waals surface area contributed by atoms with Crippen molar-refractivity contribution in [3.63, 3.8) is 0 Å². The predicted molar refractivity (Wildman–Crippen MR) is 84.9 cm³/mol. The third-order valence-electron chi connectivity index (χ3n) is 4.03. The fourth-order valence-corrected chi connectivity index (χ4v) is 2.83. The van der Waals surface area contributed by atoms with Gasteiger partial charge in [0.2, 0.25) is 0 Å². The molecule has 0 spiro atoms. The lowest BCUT2D eigenvalue weighted by Crippen LogP contribution is -2.37. The molecule has 110 valence electrons. The Morgan fingerprint density at radius 2 is 1.10 bits per heavy atom. The van der Waals surface area contributed by atoms with Crippen molar-refractivity contribution in [3.05, 3.63) is 71.8 Å². The van der Waals surface area contributed by atoms with Crippen molar-refractivity contribution in [2.45, 2.75) is 37.1 Å². The number of rotatable bonds is 6. The Kier molecular flexibility index (Phi) is 4.34. The highest BCUT2D eigenvalue weighted by Gasteiger charge is 2.46. The minimum Gasteiger partial charge on any atom is -0.366 e. The van der Waals surface area contributed by atoms with Gasteiger partial charge in [0, 0.05) is 12.1 Å². The Morgan fingerprint density at radius 3 is 1.48 bits per heavy atom. The Hall–Kier alpha value is -1.68. The maximum atomic E-state index is 6.25. The number of nitrogens with two attached hydrogens (primary N) is 2. The van der Waals surface area contributed by atoms with Crippen molar-refractivity contribution in [1.29, 1.82) is 0 Å². The van der Waals surface area contributed by atoms with E-state index in [1.807, 2.05) is 36.4 Å². The Labute approximate surface area is 125 Å². The average Bonchev–Trinajstić information content (AvgIpc) is 3.30. The van der Waals surface area contributed by atoms with E-state index in [4.69, 9.17) is 16.2 Å². The average molecular weight is 282 g/mol. The number of hydrogen-bond donors (Lipinski definition) is 2. The molecule has 0 amide bonds. The normalized spacial score (nSPS) is 23.5. The Bertz CT molecular complexity index is 506. The molecule has 1 aliphatic rings. The molecular formula is C18H22N2O. The van der Waals surface area contributed by atoms with E-state index in [2.05, 4.69) is 24.3 Å². The zero-order chi connectivity index (χ0) is 14.7. The first-order valence-corrected chi connectivity index (χ1v) is 7.48. The lowest BCUT2D eigenvalue weighted by molar-refractivity contribution is 0.330. The SMILES string of the molecule is N[C@@H](Cc1ccccc1)[C@@H]1O[C@@H]1[C@@H](N)Cc1ccccc1. The summed E-state index contributed by atoms with van der Waals surface area (Å²) in [6.45, 7) is 0. The fraction of sp³-hybridized carbons (Fsp3) is 0.333. The first-order chi connectivity index (χ1) is 10.2. The van der Waals surface area contributed by atoms with Crippen LogP contribution in [0.4, 0.5) is 0 Å². The standard InChI is InChI=1S/C18H22N2O/c19-15(11-13-7-3-1-4-8-13)17-18(21-17)16(20)12-14-9-5-2-6-10-14/h1-10,15-18H,11-12,19-20H2/t15-,16-,17-,18+/m0/s1. The second-order valence-corrected chi connectivity index (χ2v) is 5.77. The summed E-state index contributed by atoms with van der Waals surface area (Å²) in [5.74, 6) is 0. The number of ether oxygens (including phenoxy) is 1. The molecule has 0 aromatic heterocycles. The summed E-state index contributed by atoms with van der Waals surface area (Å²) in [5, 5.41) is 0. The summed E-state index contributed by atoms with van der Waals surface area (Å²) in [6.07, 6.45) is 1.84. The topological polar surface area (TPSA) is 64.6 Å². The maximum absolute atomic E-state index is 6.25. The molecule has 3 heteroatoms. The van der Waals surface area contributed by atoms with Crippen LogP contribution in [-0.2, 0) is 17.6 Å². The third-order valence-corrected chi connectivity index (χ3v) is 4.03. The van der Waals surface area contributed by atoms with E-state index in [-0.39, 0.29) is 24.3 Å². The molecule has 4 N–H and O–H groups in total. The summed E-state index contributed by atoms with van der Waals surface area (Å²) in [5.41, 5.74) is 15.0. The van der Waals surface area contributed by atoms with Crippen LogP contribution in [0.1, 0.15) is 11.1 Å². The second-order valence-electron chi connectivity index (χ2n) is 5.77. The molecule has 0 radical (unpaired) electrons. The van der Waals surface area contributed by atoms with Gasteiger partial charge in [-0.2, -0.15) is 0 Å². The molecule has 1 saturated heterocycles. The molecule has 1 heterocycles. The summed E-state index contributed by atoms with van der Waals surface area (Å²) < 4.78 is 5.73. The van der Waals surface area contributed by atoms with Crippen LogP contribution in [-0.4, -0.2) is 24.3 Å². The number of benzene rings is 2. The molecule has 0 saturated carbocycles. The van der Waals surface area contributed by atoms with Crippen LogP contribution in [0.3, 0.4) is 0 Å². The molecule has 2 aromatic carbocycles. The van der Waals surface area contributed by atoms with Crippen LogP contribution in [0.5, 0.6) is 0 Å². The molecule has 0 bridgehead atoms. The molecule has 4 atom stereocenters. The van der Waals surface area contributed by atoms with Gasteiger partial charge in [-0.15, -0.1) is 0 Å². The molecule has 3 rings (SSSR count). The first kappa shape index (κ1) is 14.3. The van der Waals surface area contributed by atoms with Gasteiger partial charge >= 0.3 is 0 Å². The predicted octanol–water partition coefficient (Wildman–Crippen LogP) is 1.89. The largest absolute Gasteiger partial charge is 0.366 e. The third kappa shape index (κ3) is 3.70. The molecule has 1 aliphatic heterocycles. The van der Waals surface area contributed by atoms with Gasteiger partial charge in [-0.25, -0.2) is 0 Å². The van der Waals surface area contributed by atoms with E-state index in [1.165, 1.54) is 11.1 Å². The van der Waals surface area contributed by atoms with E-state index in [1.54, 1.807) is 0 Å². The smallest absolute Gasteiger partial charge is 0.101 e. The molecule has 21 heavy (non-hydrogen) atoms. The van der Waals surface area contributed by atoms with E-state index >= 15 is 0 Å². The molecule has 3 nitrogen and oxygen atoms in total. The summed E-state index contributed by atoms with van der Waals surface area (Å²) in [6, 6.07) is 20.6. The van der Waals surface area contributed by atoms with E-state index in [9.17, 15) is 0 Å². The van der Waals surface area contributed by atoms with Gasteiger partial charge < -0.3 is 16.2 Å². The highest BCUT2D eigenvalue weighted by atomic mass is 16.6. The van der Waals surface area contributed by atoms with Crippen LogP contribution in [0.25, 0.3) is 0 Å². The molecule has 1 fully saturated rings. The van der Waals surface area contributed by atoms with Crippen molar-refractivity contribution in [1.82, 2.24) is 0 Å². The minimum atomic E-state index is 0.0132. The fourth-order valence-electron chi connectivity index (χ4n) is 2.83. The first-order valence-electron chi connectivity index (χ1n) is 7.48. The van der Waals surface area contributed by atoms with Gasteiger partial charge in [0.25, 0.3) is 0 Å². The summed E-state index contributed by atoms with van der Waals surface area (Å²) in [4.78, 5) is 0. The van der Waals surface area contributed by atoms with Crippen molar-refractivity contribution in [3.8, 4) is 0 Å². The van der Waals surface area contributed by atoms with Crippen molar-refractivity contribution in [2.75, 3.05) is 0 Å². The number of hydrogen-bond acceptors (Lipinski definition) is 3. The second kappa shape index (κ2) is 6.39. The zero-order valence-electron chi connectivity index (χ0n) is 12.1. The van der Waals surface area contributed by atoms with Gasteiger partial charge in [0.05, 0.1) is 0 Å². The Balaban J connectivity index is 1.51. The van der Waals surface area contributed by atoms with Crippen LogP contribution in [0.15, 0.2) is 60.7 Å². The molecule has 0 unspecified atom stereocenters. The van der Waals surface area contributed by atoms with Gasteiger partial charge in [-0.05, 0) is 24.0 Å². The van der Waals surface area contributed by atoms with Crippen molar-refractivity contribution < 1.29 is 4.74 Å². The number of epoxide rings is 1. The molecular weight excluding hydrogens is 260 g/mol. The lowest BCUT2D eigenvalue weighted by atomic mass is 9.97. The summed E-state index contributed by atoms with van der Waals surface area (Å²) in [7, 11) is 0. The molecule has 2 aromatic rings. The van der Waals surface area contributed by atoms with Crippen LogP contribution in [0, 0.1) is 0 Å². The zero-order valence-corrected chi connectivity index (χ0v) is 12.1. The highest BCUT2D eigenvalue weighted by molar-refractivity contribution is 5.19. The van der Waals surface area contributed by atoms with Crippen molar-refractivity contribution in [2.24, 2.45) is 11.5 Å². The lowest BCUT2D eigenvalue weighted by Gasteiger charge is -2.12. The quantitative estimate of drug-likeness (QED) is 0.795. The van der Waals surface area contributed by atoms with E-state index in [0.29, 0.717) is 0 Å².